The van der Waals surface area contributed by atoms with Gasteiger partial charge in [-0.05, 0) is 80.6 Å². The van der Waals surface area contributed by atoms with Crippen LogP contribution in [0.4, 0.5) is 0 Å². The monoisotopic (exact) mass is 420 g/mol. The molecular weight excluding hydrogens is 395 g/mol. The maximum Gasteiger partial charge on any atom is 0.253 e. The number of nitrogens with one attached hydrogen (secondary N) is 1. The highest BCUT2D eigenvalue weighted by Gasteiger charge is 2.26. The lowest BCUT2D eigenvalue weighted by Crippen LogP contribution is -2.45. The quantitative estimate of drug-likeness (QED) is 0.701. The molecule has 2 aliphatic rings. The fourth-order valence-corrected chi connectivity index (χ4v) is 3.64. The van der Waals surface area contributed by atoms with Crippen molar-refractivity contribution in [3.63, 3.8) is 0 Å². The molecule has 4 rings (SSSR count). The van der Waals surface area contributed by atoms with Crippen LogP contribution < -0.4 is 10.1 Å². The Balaban J connectivity index is 0.00000225. The molecule has 1 saturated heterocycles. The maximum atomic E-state index is 12.7. The molecule has 1 aliphatic carbocycles. The number of carbonyl (C=O) groups is 1. The van der Waals surface area contributed by atoms with Crippen LogP contribution in [0.3, 0.4) is 0 Å². The van der Waals surface area contributed by atoms with Crippen LogP contribution in [0.2, 0.25) is 5.02 Å². The summed E-state index contributed by atoms with van der Waals surface area (Å²) < 4.78 is 5.79. The molecule has 1 N–H and O–H groups in total. The summed E-state index contributed by atoms with van der Waals surface area (Å²) in [7, 11) is 0. The number of likely N-dealkylation sites (tertiary alicyclic amines) is 1. The van der Waals surface area contributed by atoms with E-state index >= 15 is 0 Å². The lowest BCUT2D eigenvalue weighted by molar-refractivity contribution is 0.0705. The van der Waals surface area contributed by atoms with E-state index in [4.69, 9.17) is 16.3 Å². The van der Waals surface area contributed by atoms with Crippen LogP contribution in [0.1, 0.15) is 36.0 Å². The van der Waals surface area contributed by atoms with Crippen LogP contribution in [0.25, 0.3) is 0 Å². The van der Waals surface area contributed by atoms with Crippen molar-refractivity contribution in [2.24, 2.45) is 5.92 Å². The van der Waals surface area contributed by atoms with Gasteiger partial charge in [-0.25, -0.2) is 0 Å². The fraction of sp³-hybridized carbons (Fsp3) is 0.409. The highest BCUT2D eigenvalue weighted by molar-refractivity contribution is 6.30. The Morgan fingerprint density at radius 2 is 1.75 bits per heavy atom. The minimum Gasteiger partial charge on any atom is -0.457 e. The molecule has 1 amide bonds. The molecule has 150 valence electrons. The van der Waals surface area contributed by atoms with Gasteiger partial charge < -0.3 is 15.0 Å². The summed E-state index contributed by atoms with van der Waals surface area (Å²) in [4.78, 5) is 14.7. The first-order valence-corrected chi connectivity index (χ1v) is 10.1. The minimum absolute atomic E-state index is 0. The number of rotatable bonds is 6. The van der Waals surface area contributed by atoms with Crippen molar-refractivity contribution in [1.29, 1.82) is 0 Å². The second kappa shape index (κ2) is 9.64. The first-order valence-electron chi connectivity index (χ1n) is 9.73. The molecule has 0 atom stereocenters. The van der Waals surface area contributed by atoms with E-state index in [0.29, 0.717) is 28.1 Å². The van der Waals surface area contributed by atoms with Crippen molar-refractivity contribution in [3.8, 4) is 11.5 Å². The Morgan fingerprint density at radius 1 is 1.04 bits per heavy atom. The summed E-state index contributed by atoms with van der Waals surface area (Å²) in [5, 5.41) is 4.29. The summed E-state index contributed by atoms with van der Waals surface area (Å²) >= 11 is 5.98. The van der Waals surface area contributed by atoms with Gasteiger partial charge in [-0.2, -0.15) is 0 Å². The van der Waals surface area contributed by atoms with Crippen molar-refractivity contribution >= 4 is 29.9 Å². The van der Waals surface area contributed by atoms with Gasteiger partial charge >= 0.3 is 0 Å². The second-order valence-electron chi connectivity index (χ2n) is 7.50. The zero-order valence-corrected chi connectivity index (χ0v) is 17.3. The molecule has 2 aromatic rings. The molecular formula is C22H26Cl2N2O2. The summed E-state index contributed by atoms with van der Waals surface area (Å²) in [6, 6.07) is 15.2. The van der Waals surface area contributed by atoms with Crippen molar-refractivity contribution in [3.05, 3.63) is 59.1 Å². The third-order valence-corrected chi connectivity index (χ3v) is 5.54. The third-order valence-electron chi connectivity index (χ3n) is 5.31. The highest BCUT2D eigenvalue weighted by atomic mass is 35.5. The van der Waals surface area contributed by atoms with Crippen molar-refractivity contribution in [2.45, 2.75) is 31.7 Å². The smallest absolute Gasteiger partial charge is 0.253 e. The number of piperidine rings is 1. The van der Waals surface area contributed by atoms with Gasteiger partial charge in [0.2, 0.25) is 0 Å². The predicted octanol–water partition coefficient (Wildman–Crippen LogP) is 5.16. The van der Waals surface area contributed by atoms with Crippen LogP contribution in [0, 0.1) is 5.92 Å². The number of halogens is 2. The molecule has 2 aromatic carbocycles. The number of ether oxygens (including phenoxy) is 1. The minimum atomic E-state index is 0. The molecule has 1 heterocycles. The van der Waals surface area contributed by atoms with Crippen LogP contribution in [-0.4, -0.2) is 36.5 Å². The summed E-state index contributed by atoms with van der Waals surface area (Å²) in [6.45, 7) is 2.79. The molecule has 0 unspecified atom stereocenters. The van der Waals surface area contributed by atoms with Crippen LogP contribution in [0.15, 0.2) is 48.5 Å². The Kier molecular flexibility index (Phi) is 7.22. The first-order chi connectivity index (χ1) is 13.2. The zero-order chi connectivity index (χ0) is 18.6. The third kappa shape index (κ3) is 5.63. The van der Waals surface area contributed by atoms with E-state index in [1.807, 2.05) is 41.3 Å². The Hall–Kier alpha value is -1.75. The Morgan fingerprint density at radius 3 is 2.39 bits per heavy atom. The molecule has 2 fully saturated rings. The second-order valence-corrected chi connectivity index (χ2v) is 7.94. The standard InChI is InChI=1S/C22H25ClN2O2.ClH/c23-18-2-1-3-21(14-18)27-20-8-6-17(7-9-20)22(26)25-12-10-19(11-13-25)24-15-16-4-5-16;/h1-3,6-9,14,16,19,24H,4-5,10-13,15H2;1H. The Bertz CT molecular complexity index is 785. The molecule has 1 aliphatic heterocycles. The molecule has 0 aromatic heterocycles. The van der Waals surface area contributed by atoms with Crippen molar-refractivity contribution < 1.29 is 9.53 Å². The SMILES string of the molecule is Cl.O=C(c1ccc(Oc2cccc(Cl)c2)cc1)N1CCC(NCC2CC2)CC1. The molecule has 1 saturated carbocycles. The number of nitrogens with zero attached hydrogens (tertiary/aromatic N) is 1. The predicted molar refractivity (Wildman–Crippen MR) is 115 cm³/mol. The molecule has 0 spiro atoms. The largest absolute Gasteiger partial charge is 0.457 e. The van der Waals surface area contributed by atoms with Gasteiger partial charge in [0.15, 0.2) is 0 Å². The summed E-state index contributed by atoms with van der Waals surface area (Å²) in [6.07, 6.45) is 4.82. The van der Waals surface area contributed by atoms with E-state index in [1.54, 1.807) is 12.1 Å². The molecule has 0 bridgehead atoms. The van der Waals surface area contributed by atoms with E-state index in [0.717, 1.165) is 38.4 Å². The highest BCUT2D eigenvalue weighted by Crippen LogP contribution is 2.28. The number of carbonyl (C=O) groups excluding carboxylic acids is 1. The summed E-state index contributed by atoms with van der Waals surface area (Å²) in [5.74, 6) is 2.38. The van der Waals surface area contributed by atoms with Gasteiger partial charge in [0.1, 0.15) is 11.5 Å². The van der Waals surface area contributed by atoms with E-state index in [9.17, 15) is 4.79 Å². The van der Waals surface area contributed by atoms with Gasteiger partial charge in [0.25, 0.3) is 5.91 Å². The van der Waals surface area contributed by atoms with Gasteiger partial charge in [0.05, 0.1) is 0 Å². The maximum absolute atomic E-state index is 12.7. The summed E-state index contributed by atoms with van der Waals surface area (Å²) in [5.41, 5.74) is 0.706. The molecule has 28 heavy (non-hydrogen) atoms. The van der Waals surface area contributed by atoms with Crippen LogP contribution >= 0.6 is 24.0 Å². The molecule has 6 heteroatoms. The number of hydrogen-bond donors (Lipinski definition) is 1. The first kappa shape index (κ1) is 21.0. The van der Waals surface area contributed by atoms with E-state index < -0.39 is 0 Å². The molecule has 4 nitrogen and oxygen atoms in total. The average Bonchev–Trinajstić information content (AvgIpc) is 3.51. The lowest BCUT2D eigenvalue weighted by atomic mass is 10.0. The fourth-order valence-electron chi connectivity index (χ4n) is 3.46. The average molecular weight is 421 g/mol. The normalized spacial score (nSPS) is 17.1. The van der Waals surface area contributed by atoms with Crippen molar-refractivity contribution in [1.82, 2.24) is 10.2 Å². The van der Waals surface area contributed by atoms with E-state index in [-0.39, 0.29) is 18.3 Å². The number of benzene rings is 2. The molecule has 0 radical (unpaired) electrons. The van der Waals surface area contributed by atoms with E-state index in [2.05, 4.69) is 5.32 Å². The van der Waals surface area contributed by atoms with Gasteiger partial charge in [-0.3, -0.25) is 4.79 Å². The van der Waals surface area contributed by atoms with Crippen molar-refractivity contribution in [2.75, 3.05) is 19.6 Å². The number of hydrogen-bond acceptors (Lipinski definition) is 3. The van der Waals surface area contributed by atoms with Gasteiger partial charge in [-0.15, -0.1) is 12.4 Å². The van der Waals surface area contributed by atoms with Gasteiger partial charge in [-0.1, -0.05) is 17.7 Å². The Labute approximate surface area is 177 Å². The van der Waals surface area contributed by atoms with Crippen LogP contribution in [-0.2, 0) is 0 Å². The van der Waals surface area contributed by atoms with Gasteiger partial charge in [0, 0.05) is 29.7 Å². The topological polar surface area (TPSA) is 41.6 Å². The zero-order valence-electron chi connectivity index (χ0n) is 15.8. The number of amides is 1. The van der Waals surface area contributed by atoms with E-state index in [1.165, 1.54) is 12.8 Å². The lowest BCUT2D eigenvalue weighted by Gasteiger charge is -2.32. The van der Waals surface area contributed by atoms with Crippen LogP contribution in [0.5, 0.6) is 11.5 Å².